The summed E-state index contributed by atoms with van der Waals surface area (Å²) in [4.78, 5) is 4.09. The van der Waals surface area contributed by atoms with E-state index in [0.29, 0.717) is 0 Å². The molecule has 0 spiro atoms. The number of rotatable bonds is 4. The third-order valence-electron chi connectivity index (χ3n) is 3.71. The van der Waals surface area contributed by atoms with Crippen molar-refractivity contribution in [2.45, 2.75) is 26.8 Å². The number of pyridine rings is 1. The Morgan fingerprint density at radius 1 is 1.10 bits per heavy atom. The van der Waals surface area contributed by atoms with Gasteiger partial charge < -0.3 is 4.74 Å². The van der Waals surface area contributed by atoms with Crippen molar-refractivity contribution in [2.75, 3.05) is 7.11 Å². The number of benzene rings is 1. The van der Waals surface area contributed by atoms with Crippen LogP contribution >= 0.6 is 0 Å². The van der Waals surface area contributed by atoms with Crippen LogP contribution in [-0.2, 0) is 0 Å². The van der Waals surface area contributed by atoms with Crippen LogP contribution < -0.4 is 16.0 Å². The van der Waals surface area contributed by atoms with Crippen LogP contribution in [-0.4, -0.2) is 12.1 Å². The molecule has 2 rings (SSSR count). The highest BCUT2D eigenvalue weighted by molar-refractivity contribution is 5.45. The fourth-order valence-electron chi connectivity index (χ4n) is 2.44. The molecule has 0 aliphatic heterocycles. The van der Waals surface area contributed by atoms with Crippen LogP contribution in [0.5, 0.6) is 5.75 Å². The van der Waals surface area contributed by atoms with Crippen LogP contribution in [0.1, 0.15) is 33.9 Å². The number of aromatic nitrogens is 1. The van der Waals surface area contributed by atoms with Crippen LogP contribution in [0.4, 0.5) is 0 Å². The van der Waals surface area contributed by atoms with E-state index in [0.717, 1.165) is 16.9 Å². The molecule has 0 saturated carbocycles. The zero-order chi connectivity index (χ0) is 14.7. The summed E-state index contributed by atoms with van der Waals surface area (Å²) in [6.45, 7) is 6.32. The predicted molar refractivity (Wildman–Crippen MR) is 80.6 cm³/mol. The van der Waals surface area contributed by atoms with Gasteiger partial charge in [0.05, 0.1) is 19.3 Å². The molecule has 1 heterocycles. The Bertz CT molecular complexity index is 611. The fourth-order valence-corrected chi connectivity index (χ4v) is 2.44. The molecule has 2 aromatic rings. The van der Waals surface area contributed by atoms with Crippen molar-refractivity contribution in [2.24, 2.45) is 5.84 Å². The normalized spacial score (nSPS) is 12.2. The van der Waals surface area contributed by atoms with E-state index in [2.05, 4.69) is 43.3 Å². The second-order valence-electron chi connectivity index (χ2n) is 5.01. The van der Waals surface area contributed by atoms with Gasteiger partial charge in [0.2, 0.25) is 0 Å². The second kappa shape index (κ2) is 6.03. The Kier molecular flexibility index (Phi) is 4.37. The van der Waals surface area contributed by atoms with Crippen LogP contribution in [0.3, 0.4) is 0 Å². The first kappa shape index (κ1) is 14.5. The molecular formula is C16H21N3O. The van der Waals surface area contributed by atoms with Crippen LogP contribution in [0.15, 0.2) is 30.6 Å². The number of ether oxygens (including phenoxy) is 1. The van der Waals surface area contributed by atoms with Crippen molar-refractivity contribution in [3.05, 3.63) is 58.4 Å². The van der Waals surface area contributed by atoms with Crippen molar-refractivity contribution in [3.63, 3.8) is 0 Å². The summed E-state index contributed by atoms with van der Waals surface area (Å²) in [5.74, 6) is 6.52. The Morgan fingerprint density at radius 3 is 2.45 bits per heavy atom. The van der Waals surface area contributed by atoms with Crippen LogP contribution in [0.25, 0.3) is 0 Å². The maximum absolute atomic E-state index is 5.79. The lowest BCUT2D eigenvalue weighted by Crippen LogP contribution is -2.30. The predicted octanol–water partition coefficient (Wildman–Crippen LogP) is 2.57. The summed E-state index contributed by atoms with van der Waals surface area (Å²) in [5.41, 5.74) is 8.76. The smallest absolute Gasteiger partial charge is 0.142 e. The molecule has 4 heteroatoms. The van der Waals surface area contributed by atoms with E-state index in [1.54, 1.807) is 19.5 Å². The molecule has 3 N–H and O–H groups in total. The molecule has 20 heavy (non-hydrogen) atoms. The summed E-state index contributed by atoms with van der Waals surface area (Å²) in [6.07, 6.45) is 3.45. The molecule has 1 unspecified atom stereocenters. The Labute approximate surface area is 120 Å². The number of aryl methyl sites for hydroxylation is 3. The van der Waals surface area contributed by atoms with Gasteiger partial charge in [0.15, 0.2) is 0 Å². The Balaban J connectivity index is 2.55. The molecule has 0 saturated heterocycles. The number of methoxy groups -OCH3 is 1. The lowest BCUT2D eigenvalue weighted by atomic mass is 9.92. The highest BCUT2D eigenvalue weighted by atomic mass is 16.5. The summed E-state index contributed by atoms with van der Waals surface area (Å²) >= 11 is 0. The molecule has 106 valence electrons. The zero-order valence-corrected chi connectivity index (χ0v) is 12.4. The number of nitrogens with one attached hydrogen (secondary N) is 1. The number of hydrogen-bond donors (Lipinski definition) is 2. The average Bonchev–Trinajstić information content (AvgIpc) is 2.45. The maximum Gasteiger partial charge on any atom is 0.142 e. The Hall–Kier alpha value is -1.91. The molecule has 0 bridgehead atoms. The van der Waals surface area contributed by atoms with E-state index in [1.807, 2.05) is 6.07 Å². The topological polar surface area (TPSA) is 60.2 Å². The summed E-state index contributed by atoms with van der Waals surface area (Å²) in [6, 6.07) is 6.17. The molecular weight excluding hydrogens is 250 g/mol. The second-order valence-corrected chi connectivity index (χ2v) is 5.01. The first-order chi connectivity index (χ1) is 9.58. The zero-order valence-electron chi connectivity index (χ0n) is 12.4. The van der Waals surface area contributed by atoms with E-state index in [1.165, 1.54) is 16.7 Å². The first-order valence-corrected chi connectivity index (χ1v) is 6.60. The van der Waals surface area contributed by atoms with E-state index >= 15 is 0 Å². The molecule has 1 atom stereocenters. The minimum Gasteiger partial charge on any atom is -0.495 e. The van der Waals surface area contributed by atoms with Crippen molar-refractivity contribution in [1.82, 2.24) is 10.4 Å². The molecule has 0 radical (unpaired) electrons. The fraction of sp³-hybridized carbons (Fsp3) is 0.312. The third kappa shape index (κ3) is 2.66. The lowest BCUT2D eigenvalue weighted by Gasteiger charge is -2.22. The molecule has 0 fully saturated rings. The summed E-state index contributed by atoms with van der Waals surface area (Å²) in [5, 5.41) is 0. The van der Waals surface area contributed by atoms with E-state index in [4.69, 9.17) is 10.6 Å². The number of nitrogens with two attached hydrogens (primary N) is 1. The quantitative estimate of drug-likeness (QED) is 0.663. The van der Waals surface area contributed by atoms with E-state index in [-0.39, 0.29) is 6.04 Å². The van der Waals surface area contributed by atoms with Gasteiger partial charge in [-0.1, -0.05) is 12.1 Å². The highest BCUT2D eigenvalue weighted by Gasteiger charge is 2.19. The standard InChI is InChI=1S/C16H21N3O/c1-10-7-12(3)14(8-11(10)2)16(19-17)13-5-6-18-9-15(13)20-4/h5-9,16,19H,17H2,1-4H3. The van der Waals surface area contributed by atoms with Gasteiger partial charge in [0, 0.05) is 11.8 Å². The van der Waals surface area contributed by atoms with Crippen molar-refractivity contribution < 1.29 is 4.74 Å². The molecule has 0 aliphatic carbocycles. The van der Waals surface area contributed by atoms with Crippen LogP contribution in [0.2, 0.25) is 0 Å². The molecule has 1 aromatic heterocycles. The summed E-state index contributed by atoms with van der Waals surface area (Å²) in [7, 11) is 1.64. The first-order valence-electron chi connectivity index (χ1n) is 6.60. The third-order valence-corrected chi connectivity index (χ3v) is 3.71. The Morgan fingerprint density at radius 2 is 1.80 bits per heavy atom. The molecule has 4 nitrogen and oxygen atoms in total. The number of hydrazine groups is 1. The average molecular weight is 271 g/mol. The van der Waals surface area contributed by atoms with E-state index < -0.39 is 0 Å². The lowest BCUT2D eigenvalue weighted by molar-refractivity contribution is 0.402. The molecule has 0 aliphatic rings. The molecule has 1 aromatic carbocycles. The largest absolute Gasteiger partial charge is 0.495 e. The maximum atomic E-state index is 5.79. The van der Waals surface area contributed by atoms with Crippen molar-refractivity contribution in [1.29, 1.82) is 0 Å². The molecule has 0 amide bonds. The number of nitrogens with zero attached hydrogens (tertiary/aromatic N) is 1. The van der Waals surface area contributed by atoms with Gasteiger partial charge in [-0.15, -0.1) is 0 Å². The SMILES string of the molecule is COc1cnccc1C(NN)c1cc(C)c(C)cc1C. The van der Waals surface area contributed by atoms with Gasteiger partial charge in [-0.2, -0.15) is 0 Å². The van der Waals surface area contributed by atoms with Crippen molar-refractivity contribution in [3.8, 4) is 5.75 Å². The van der Waals surface area contributed by atoms with Gasteiger partial charge in [0.1, 0.15) is 5.75 Å². The van der Waals surface area contributed by atoms with E-state index in [9.17, 15) is 0 Å². The van der Waals surface area contributed by atoms with Gasteiger partial charge in [-0.3, -0.25) is 10.8 Å². The van der Waals surface area contributed by atoms with Crippen LogP contribution in [0, 0.1) is 20.8 Å². The van der Waals surface area contributed by atoms with Gasteiger partial charge in [-0.25, -0.2) is 5.43 Å². The van der Waals surface area contributed by atoms with Gasteiger partial charge >= 0.3 is 0 Å². The van der Waals surface area contributed by atoms with Crippen molar-refractivity contribution >= 4 is 0 Å². The monoisotopic (exact) mass is 271 g/mol. The van der Waals surface area contributed by atoms with Gasteiger partial charge in [0.25, 0.3) is 0 Å². The summed E-state index contributed by atoms with van der Waals surface area (Å²) < 4.78 is 5.39. The number of hydrogen-bond acceptors (Lipinski definition) is 4. The highest BCUT2D eigenvalue weighted by Crippen LogP contribution is 2.31. The van der Waals surface area contributed by atoms with Gasteiger partial charge in [-0.05, 0) is 49.1 Å². The minimum absolute atomic E-state index is 0.118. The minimum atomic E-state index is -0.118.